The lowest BCUT2D eigenvalue weighted by Gasteiger charge is -2.36. The molecule has 1 aliphatic carbocycles. The van der Waals surface area contributed by atoms with E-state index >= 15 is 0 Å². The van der Waals surface area contributed by atoms with Crippen molar-refractivity contribution in [1.29, 1.82) is 5.26 Å². The molecule has 1 N–H and O–H groups in total. The quantitative estimate of drug-likeness (QED) is 0.816. The first-order valence-corrected chi connectivity index (χ1v) is 5.49. The number of nitrogens with zero attached hydrogens (tertiary/aromatic N) is 1. The molecule has 16 heavy (non-hydrogen) atoms. The summed E-state index contributed by atoms with van der Waals surface area (Å²) in [5.41, 5.74) is 0.0162. The van der Waals surface area contributed by atoms with Gasteiger partial charge in [-0.05, 0) is 37.8 Å². The highest BCUT2D eigenvalue weighted by molar-refractivity contribution is 6.32. The summed E-state index contributed by atoms with van der Waals surface area (Å²) in [5, 5.41) is 19.2. The minimum atomic E-state index is -0.798. The molecule has 0 spiro atoms. The number of aromatic hydroxyl groups is 1. The summed E-state index contributed by atoms with van der Waals surface area (Å²) in [7, 11) is 0. The smallest absolute Gasteiger partial charge is 0.165 e. The zero-order valence-electron chi connectivity index (χ0n) is 8.85. The van der Waals surface area contributed by atoms with Gasteiger partial charge >= 0.3 is 0 Å². The summed E-state index contributed by atoms with van der Waals surface area (Å²) >= 11 is 6.07. The molecule has 1 aromatic rings. The molecule has 2 nitrogen and oxygen atoms in total. The maximum atomic E-state index is 13.4. The molecule has 84 valence electrons. The van der Waals surface area contributed by atoms with E-state index in [9.17, 15) is 14.8 Å². The van der Waals surface area contributed by atoms with Crippen LogP contribution in [0.15, 0.2) is 6.07 Å². The summed E-state index contributed by atoms with van der Waals surface area (Å²) < 4.78 is 13.4. The highest BCUT2D eigenvalue weighted by atomic mass is 35.5. The standard InChI is InChI=1S/C12H11ClFNO/c1-7-5-8(14)11(16)9(10(7)13)12(6-15)3-2-4-12/h5,16H,2-4H2,1H3. The van der Waals surface area contributed by atoms with Gasteiger partial charge in [-0.1, -0.05) is 11.6 Å². The van der Waals surface area contributed by atoms with Gasteiger partial charge in [-0.25, -0.2) is 4.39 Å². The third kappa shape index (κ3) is 1.37. The molecule has 1 aliphatic rings. The molecule has 2 rings (SSSR count). The minimum Gasteiger partial charge on any atom is -0.505 e. The van der Waals surface area contributed by atoms with Crippen molar-refractivity contribution < 1.29 is 9.50 Å². The Kier molecular flexibility index (Phi) is 2.55. The van der Waals surface area contributed by atoms with Crippen molar-refractivity contribution in [2.75, 3.05) is 0 Å². The second kappa shape index (κ2) is 3.64. The monoisotopic (exact) mass is 239 g/mol. The zero-order chi connectivity index (χ0) is 11.9. The molecular formula is C12H11ClFNO. The van der Waals surface area contributed by atoms with Gasteiger partial charge in [0.05, 0.1) is 16.5 Å². The Hall–Kier alpha value is -1.27. The van der Waals surface area contributed by atoms with Gasteiger partial charge in [0, 0.05) is 5.56 Å². The molecule has 0 amide bonds. The average molecular weight is 240 g/mol. The van der Waals surface area contributed by atoms with Crippen molar-refractivity contribution in [2.24, 2.45) is 0 Å². The lowest BCUT2D eigenvalue weighted by molar-refractivity contribution is 0.306. The first-order chi connectivity index (χ1) is 7.52. The van der Waals surface area contributed by atoms with E-state index in [-0.39, 0.29) is 5.56 Å². The van der Waals surface area contributed by atoms with Crippen LogP contribution in [0.1, 0.15) is 30.4 Å². The van der Waals surface area contributed by atoms with Crippen LogP contribution in [-0.2, 0) is 5.41 Å². The second-order valence-corrected chi connectivity index (χ2v) is 4.64. The predicted molar refractivity (Wildman–Crippen MR) is 59.0 cm³/mol. The first kappa shape index (κ1) is 11.2. The third-order valence-corrected chi connectivity index (χ3v) is 3.76. The molecule has 0 radical (unpaired) electrons. The number of phenolic OH excluding ortho intramolecular Hbond substituents is 1. The van der Waals surface area contributed by atoms with Crippen LogP contribution in [0, 0.1) is 24.1 Å². The van der Waals surface area contributed by atoms with E-state index in [1.807, 2.05) is 0 Å². The highest BCUT2D eigenvalue weighted by Gasteiger charge is 2.43. The van der Waals surface area contributed by atoms with E-state index in [0.29, 0.717) is 23.4 Å². The Bertz CT molecular complexity index is 463. The average Bonchev–Trinajstić information content (AvgIpc) is 2.19. The van der Waals surface area contributed by atoms with E-state index in [1.54, 1.807) is 6.92 Å². The fourth-order valence-electron chi connectivity index (χ4n) is 2.13. The maximum absolute atomic E-state index is 13.4. The molecule has 0 bridgehead atoms. The SMILES string of the molecule is Cc1cc(F)c(O)c(C2(C#N)CCC2)c1Cl. The van der Waals surface area contributed by atoms with Crippen LogP contribution in [0.25, 0.3) is 0 Å². The van der Waals surface area contributed by atoms with Crippen LogP contribution in [0.3, 0.4) is 0 Å². The third-order valence-electron chi connectivity index (χ3n) is 3.27. The minimum absolute atomic E-state index is 0.264. The van der Waals surface area contributed by atoms with E-state index in [2.05, 4.69) is 6.07 Å². The molecule has 4 heteroatoms. The maximum Gasteiger partial charge on any atom is 0.165 e. The van der Waals surface area contributed by atoms with Crippen LogP contribution >= 0.6 is 11.6 Å². The van der Waals surface area contributed by atoms with Crippen molar-refractivity contribution >= 4 is 11.6 Å². The number of benzene rings is 1. The molecule has 0 aliphatic heterocycles. The number of hydrogen-bond acceptors (Lipinski definition) is 2. The van der Waals surface area contributed by atoms with E-state index < -0.39 is 17.0 Å². The number of aryl methyl sites for hydroxylation is 1. The molecule has 0 heterocycles. The van der Waals surface area contributed by atoms with Crippen LogP contribution < -0.4 is 0 Å². The summed E-state index contributed by atoms with van der Waals surface area (Å²) in [5.74, 6) is -1.18. The zero-order valence-corrected chi connectivity index (χ0v) is 9.60. The molecule has 0 unspecified atom stereocenters. The van der Waals surface area contributed by atoms with Gasteiger partial charge in [-0.2, -0.15) is 5.26 Å². The summed E-state index contributed by atoms with van der Waals surface area (Å²) in [6.07, 6.45) is 2.15. The Balaban J connectivity index is 2.69. The lowest BCUT2D eigenvalue weighted by Crippen LogP contribution is -2.33. The predicted octanol–water partition coefficient (Wildman–Crippen LogP) is 3.44. The van der Waals surface area contributed by atoms with Gasteiger partial charge in [-0.3, -0.25) is 0 Å². The number of phenols is 1. The Morgan fingerprint density at radius 1 is 1.56 bits per heavy atom. The molecule has 0 saturated heterocycles. The van der Waals surface area contributed by atoms with Gasteiger partial charge < -0.3 is 5.11 Å². The fourth-order valence-corrected chi connectivity index (χ4v) is 2.45. The summed E-state index contributed by atoms with van der Waals surface area (Å²) in [6, 6.07) is 3.34. The van der Waals surface area contributed by atoms with Crippen molar-refractivity contribution in [3.8, 4) is 11.8 Å². The Morgan fingerprint density at radius 2 is 2.19 bits per heavy atom. The van der Waals surface area contributed by atoms with Crippen molar-refractivity contribution in [3.63, 3.8) is 0 Å². The number of halogens is 2. The molecule has 1 saturated carbocycles. The Morgan fingerprint density at radius 3 is 2.62 bits per heavy atom. The molecule has 1 fully saturated rings. The fraction of sp³-hybridized carbons (Fsp3) is 0.417. The number of hydrogen-bond donors (Lipinski definition) is 1. The van der Waals surface area contributed by atoms with E-state index in [1.165, 1.54) is 6.07 Å². The second-order valence-electron chi connectivity index (χ2n) is 4.26. The summed E-state index contributed by atoms with van der Waals surface area (Å²) in [4.78, 5) is 0. The molecular weight excluding hydrogens is 229 g/mol. The van der Waals surface area contributed by atoms with E-state index in [0.717, 1.165) is 6.42 Å². The van der Waals surface area contributed by atoms with Gasteiger partial charge in [0.2, 0.25) is 0 Å². The van der Waals surface area contributed by atoms with Crippen molar-refractivity contribution in [3.05, 3.63) is 28.0 Å². The van der Waals surface area contributed by atoms with Crippen LogP contribution in [-0.4, -0.2) is 5.11 Å². The van der Waals surface area contributed by atoms with Crippen molar-refractivity contribution in [2.45, 2.75) is 31.6 Å². The normalized spacial score (nSPS) is 17.6. The molecule has 0 aromatic heterocycles. The van der Waals surface area contributed by atoms with Crippen LogP contribution in [0.4, 0.5) is 4.39 Å². The van der Waals surface area contributed by atoms with Gasteiger partial charge in [-0.15, -0.1) is 0 Å². The van der Waals surface area contributed by atoms with Crippen LogP contribution in [0.5, 0.6) is 5.75 Å². The first-order valence-electron chi connectivity index (χ1n) is 5.11. The largest absolute Gasteiger partial charge is 0.505 e. The number of nitriles is 1. The van der Waals surface area contributed by atoms with Gasteiger partial charge in [0.1, 0.15) is 0 Å². The Labute approximate surface area is 98.3 Å². The van der Waals surface area contributed by atoms with Crippen molar-refractivity contribution in [1.82, 2.24) is 0 Å². The molecule has 1 aromatic carbocycles. The van der Waals surface area contributed by atoms with Gasteiger partial charge in [0.15, 0.2) is 11.6 Å². The lowest BCUT2D eigenvalue weighted by atomic mass is 9.65. The topological polar surface area (TPSA) is 44.0 Å². The van der Waals surface area contributed by atoms with E-state index in [4.69, 9.17) is 11.6 Å². The molecule has 0 atom stereocenters. The van der Waals surface area contributed by atoms with Crippen LogP contribution in [0.2, 0.25) is 5.02 Å². The van der Waals surface area contributed by atoms with Gasteiger partial charge in [0.25, 0.3) is 0 Å². The highest BCUT2D eigenvalue weighted by Crippen LogP contribution is 2.50. The number of rotatable bonds is 1. The summed E-state index contributed by atoms with van der Waals surface area (Å²) in [6.45, 7) is 1.66.